The SMILES string of the molecule is CCNC(=O)CNc1n[nH]c(N)n1. The van der Waals surface area contributed by atoms with Crippen molar-refractivity contribution in [1.82, 2.24) is 20.5 Å². The van der Waals surface area contributed by atoms with Crippen molar-refractivity contribution in [3.63, 3.8) is 0 Å². The first-order valence-electron chi connectivity index (χ1n) is 3.90. The summed E-state index contributed by atoms with van der Waals surface area (Å²) in [6.45, 7) is 2.60. The number of aromatic amines is 1. The van der Waals surface area contributed by atoms with Crippen LogP contribution < -0.4 is 16.4 Å². The quantitative estimate of drug-likeness (QED) is 0.476. The van der Waals surface area contributed by atoms with Crippen LogP contribution >= 0.6 is 0 Å². The number of aromatic nitrogens is 3. The Labute approximate surface area is 75.1 Å². The largest absolute Gasteiger partial charge is 0.368 e. The zero-order chi connectivity index (χ0) is 9.68. The molecule has 0 bridgehead atoms. The Morgan fingerprint density at radius 2 is 2.46 bits per heavy atom. The smallest absolute Gasteiger partial charge is 0.244 e. The number of carbonyl (C=O) groups excluding carboxylic acids is 1. The molecule has 0 aliphatic heterocycles. The van der Waals surface area contributed by atoms with Crippen LogP contribution in [0.2, 0.25) is 0 Å². The number of hydrogen-bond donors (Lipinski definition) is 4. The minimum Gasteiger partial charge on any atom is -0.368 e. The fourth-order valence-corrected chi connectivity index (χ4v) is 0.772. The van der Waals surface area contributed by atoms with E-state index in [0.29, 0.717) is 12.5 Å². The molecule has 72 valence electrons. The molecule has 7 heteroatoms. The molecule has 0 spiro atoms. The van der Waals surface area contributed by atoms with E-state index in [4.69, 9.17) is 5.73 Å². The highest BCUT2D eigenvalue weighted by Crippen LogP contribution is 1.96. The van der Waals surface area contributed by atoms with Gasteiger partial charge >= 0.3 is 0 Å². The molecule has 1 aromatic rings. The molecule has 0 aromatic carbocycles. The number of amides is 1. The molecule has 0 radical (unpaired) electrons. The van der Waals surface area contributed by atoms with Gasteiger partial charge in [-0.2, -0.15) is 4.98 Å². The summed E-state index contributed by atoms with van der Waals surface area (Å²) < 4.78 is 0. The predicted molar refractivity (Wildman–Crippen MR) is 48.0 cm³/mol. The van der Waals surface area contributed by atoms with Crippen LogP contribution in [0.1, 0.15) is 6.92 Å². The van der Waals surface area contributed by atoms with Gasteiger partial charge in [-0.25, -0.2) is 5.10 Å². The Kier molecular flexibility index (Phi) is 3.07. The summed E-state index contributed by atoms with van der Waals surface area (Å²) in [5.41, 5.74) is 5.27. The van der Waals surface area contributed by atoms with E-state index >= 15 is 0 Å². The number of nitrogen functional groups attached to an aromatic ring is 1. The number of H-pyrrole nitrogens is 1. The lowest BCUT2D eigenvalue weighted by Gasteiger charge is -2.01. The number of nitrogens with one attached hydrogen (secondary N) is 3. The molecule has 0 saturated heterocycles. The second-order valence-corrected chi connectivity index (χ2v) is 2.35. The van der Waals surface area contributed by atoms with Gasteiger partial charge in [0.1, 0.15) is 0 Å². The molecule has 0 fully saturated rings. The summed E-state index contributed by atoms with van der Waals surface area (Å²) in [6, 6.07) is 0. The number of carbonyl (C=O) groups is 1. The standard InChI is InChI=1S/C6H12N6O/c1-2-8-4(13)3-9-6-10-5(7)11-12-6/h2-3H2,1H3,(H,8,13)(H4,7,9,10,11,12). The van der Waals surface area contributed by atoms with Gasteiger partial charge in [0.15, 0.2) is 0 Å². The van der Waals surface area contributed by atoms with Crippen LogP contribution in [-0.4, -0.2) is 34.2 Å². The number of rotatable bonds is 4. The molecule has 0 atom stereocenters. The molecule has 7 nitrogen and oxygen atoms in total. The van der Waals surface area contributed by atoms with Crippen LogP contribution in [0.3, 0.4) is 0 Å². The third-order valence-corrected chi connectivity index (χ3v) is 1.28. The fraction of sp³-hybridized carbons (Fsp3) is 0.500. The van der Waals surface area contributed by atoms with E-state index in [0.717, 1.165) is 0 Å². The lowest BCUT2D eigenvalue weighted by molar-refractivity contribution is -0.119. The Bertz CT molecular complexity index is 282. The van der Waals surface area contributed by atoms with E-state index in [1.807, 2.05) is 6.92 Å². The van der Waals surface area contributed by atoms with Gasteiger partial charge in [-0.15, -0.1) is 5.10 Å². The Morgan fingerprint density at radius 1 is 1.69 bits per heavy atom. The van der Waals surface area contributed by atoms with Crippen molar-refractivity contribution in [3.05, 3.63) is 0 Å². The van der Waals surface area contributed by atoms with Gasteiger partial charge in [0.05, 0.1) is 6.54 Å². The van der Waals surface area contributed by atoms with Crippen molar-refractivity contribution in [2.75, 3.05) is 24.1 Å². The van der Waals surface area contributed by atoms with Crippen LogP contribution in [0.25, 0.3) is 0 Å². The second kappa shape index (κ2) is 4.29. The lowest BCUT2D eigenvalue weighted by atomic mass is 10.5. The van der Waals surface area contributed by atoms with E-state index in [-0.39, 0.29) is 18.4 Å². The van der Waals surface area contributed by atoms with E-state index in [1.54, 1.807) is 0 Å². The zero-order valence-corrected chi connectivity index (χ0v) is 7.29. The molecule has 13 heavy (non-hydrogen) atoms. The van der Waals surface area contributed by atoms with Crippen molar-refractivity contribution >= 4 is 17.8 Å². The molecule has 0 aliphatic carbocycles. The Hall–Kier alpha value is -1.79. The monoisotopic (exact) mass is 184 g/mol. The van der Waals surface area contributed by atoms with Gasteiger partial charge in [0, 0.05) is 6.54 Å². The highest BCUT2D eigenvalue weighted by atomic mass is 16.1. The van der Waals surface area contributed by atoms with Crippen molar-refractivity contribution in [2.24, 2.45) is 0 Å². The van der Waals surface area contributed by atoms with Gasteiger partial charge in [-0.3, -0.25) is 4.79 Å². The zero-order valence-electron chi connectivity index (χ0n) is 7.29. The number of hydrogen-bond acceptors (Lipinski definition) is 5. The summed E-state index contributed by atoms with van der Waals surface area (Å²) in [5.74, 6) is 0.438. The van der Waals surface area contributed by atoms with Gasteiger partial charge in [0.25, 0.3) is 0 Å². The van der Waals surface area contributed by atoms with Gasteiger partial charge in [-0.1, -0.05) is 0 Å². The maximum absolute atomic E-state index is 11.0. The second-order valence-electron chi connectivity index (χ2n) is 2.35. The normalized spacial score (nSPS) is 9.62. The summed E-state index contributed by atoms with van der Waals surface area (Å²) in [6.07, 6.45) is 0. The molecule has 5 N–H and O–H groups in total. The molecule has 0 saturated carbocycles. The number of likely N-dealkylation sites (N-methyl/N-ethyl adjacent to an activating group) is 1. The van der Waals surface area contributed by atoms with Gasteiger partial charge < -0.3 is 16.4 Å². The summed E-state index contributed by atoms with van der Waals surface area (Å²) in [5, 5.41) is 11.5. The third kappa shape index (κ3) is 2.97. The highest BCUT2D eigenvalue weighted by molar-refractivity contribution is 5.80. The van der Waals surface area contributed by atoms with Crippen LogP contribution in [-0.2, 0) is 4.79 Å². The average molecular weight is 184 g/mol. The van der Waals surface area contributed by atoms with Crippen LogP contribution in [0.5, 0.6) is 0 Å². The van der Waals surface area contributed by atoms with Crippen LogP contribution in [0.4, 0.5) is 11.9 Å². The van der Waals surface area contributed by atoms with Crippen LogP contribution in [0, 0.1) is 0 Å². The first-order chi connectivity index (χ1) is 6.22. The van der Waals surface area contributed by atoms with Crippen molar-refractivity contribution in [1.29, 1.82) is 0 Å². The van der Waals surface area contributed by atoms with Crippen molar-refractivity contribution in [3.8, 4) is 0 Å². The maximum Gasteiger partial charge on any atom is 0.244 e. The number of nitrogens with two attached hydrogens (primary N) is 1. The van der Waals surface area contributed by atoms with E-state index in [9.17, 15) is 4.79 Å². The Morgan fingerprint density at radius 3 is 3.00 bits per heavy atom. The lowest BCUT2D eigenvalue weighted by Crippen LogP contribution is -2.29. The summed E-state index contributed by atoms with van der Waals surface area (Å²) in [4.78, 5) is 14.7. The van der Waals surface area contributed by atoms with Crippen LogP contribution in [0.15, 0.2) is 0 Å². The summed E-state index contributed by atoms with van der Waals surface area (Å²) in [7, 11) is 0. The molecule has 1 amide bonds. The minimum absolute atomic E-state index is 0.106. The maximum atomic E-state index is 11.0. The van der Waals surface area contributed by atoms with E-state index < -0.39 is 0 Å². The van der Waals surface area contributed by atoms with Gasteiger partial charge in [-0.05, 0) is 6.92 Å². The van der Waals surface area contributed by atoms with E-state index in [1.165, 1.54) is 0 Å². The summed E-state index contributed by atoms with van der Waals surface area (Å²) >= 11 is 0. The predicted octanol–water partition coefficient (Wildman–Crippen LogP) is -1.07. The number of nitrogens with zero attached hydrogens (tertiary/aromatic N) is 2. The van der Waals surface area contributed by atoms with E-state index in [2.05, 4.69) is 25.8 Å². The molecular formula is C6H12N6O. The third-order valence-electron chi connectivity index (χ3n) is 1.28. The molecule has 1 aromatic heterocycles. The molecular weight excluding hydrogens is 172 g/mol. The Balaban J connectivity index is 2.30. The molecule has 0 aliphatic rings. The minimum atomic E-state index is -0.106. The van der Waals surface area contributed by atoms with Crippen molar-refractivity contribution in [2.45, 2.75) is 6.92 Å². The first-order valence-corrected chi connectivity index (χ1v) is 3.90. The topological polar surface area (TPSA) is 109 Å². The molecule has 0 unspecified atom stereocenters. The van der Waals surface area contributed by atoms with Crippen molar-refractivity contribution < 1.29 is 4.79 Å². The highest BCUT2D eigenvalue weighted by Gasteiger charge is 2.01. The molecule has 1 rings (SSSR count). The first kappa shape index (κ1) is 9.30. The molecule has 1 heterocycles. The van der Waals surface area contributed by atoms with Gasteiger partial charge in [0.2, 0.25) is 17.8 Å². The fourth-order valence-electron chi connectivity index (χ4n) is 0.772. The average Bonchev–Trinajstić information content (AvgIpc) is 2.49. The number of anilines is 2.